The molecule has 0 fully saturated rings. The van der Waals surface area contributed by atoms with Crippen molar-refractivity contribution in [2.24, 2.45) is 0 Å². The molecule has 0 aliphatic heterocycles. The number of benzene rings is 1. The summed E-state index contributed by atoms with van der Waals surface area (Å²) in [6.07, 6.45) is 0. The van der Waals surface area contributed by atoms with Crippen LogP contribution in [-0.2, 0) is 5.88 Å². The maximum atomic E-state index is 5.72. The maximum Gasteiger partial charge on any atom is 0.0477 e. The summed E-state index contributed by atoms with van der Waals surface area (Å²) in [4.78, 5) is 0. The second-order valence-corrected chi connectivity index (χ2v) is 4.30. The average molecular weight is 298 g/mol. The van der Waals surface area contributed by atoms with Gasteiger partial charge >= 0.3 is 0 Å². The molecule has 0 bridgehead atoms. The minimum atomic E-state index is 0.567. The van der Waals surface area contributed by atoms with Crippen molar-refractivity contribution in [2.75, 3.05) is 0 Å². The van der Waals surface area contributed by atoms with E-state index in [0.29, 0.717) is 5.88 Å². The number of aryl methyl sites for hydroxylation is 1. The number of rotatable bonds is 1. The summed E-state index contributed by atoms with van der Waals surface area (Å²) in [5, 5.41) is 0. The molecule has 0 unspecified atom stereocenters. The van der Waals surface area contributed by atoms with Crippen LogP contribution < -0.4 is 0 Å². The fraction of sp³-hybridized carbons (Fsp3) is 0.250. The van der Waals surface area contributed by atoms with Gasteiger partial charge in [0.25, 0.3) is 0 Å². The van der Waals surface area contributed by atoms with Crippen LogP contribution >= 0.6 is 43.5 Å². The second kappa shape index (κ2) is 3.92. The first kappa shape index (κ1) is 9.56. The highest BCUT2D eigenvalue weighted by molar-refractivity contribution is 9.13. The van der Waals surface area contributed by atoms with Crippen molar-refractivity contribution in [1.82, 2.24) is 0 Å². The van der Waals surface area contributed by atoms with Gasteiger partial charge in [-0.15, -0.1) is 11.6 Å². The van der Waals surface area contributed by atoms with Crippen LogP contribution in [0.4, 0.5) is 0 Å². The molecular formula is C8H7Br2Cl. The van der Waals surface area contributed by atoms with E-state index in [0.717, 1.165) is 8.95 Å². The quantitative estimate of drug-likeness (QED) is 0.680. The van der Waals surface area contributed by atoms with Gasteiger partial charge in [-0.2, -0.15) is 0 Å². The lowest BCUT2D eigenvalue weighted by Crippen LogP contribution is -1.84. The highest BCUT2D eigenvalue weighted by Gasteiger charge is 2.01. The molecule has 0 aliphatic carbocycles. The summed E-state index contributed by atoms with van der Waals surface area (Å²) in [5.41, 5.74) is 2.39. The van der Waals surface area contributed by atoms with E-state index in [4.69, 9.17) is 11.6 Å². The second-order valence-electron chi connectivity index (χ2n) is 2.33. The number of alkyl halides is 1. The van der Waals surface area contributed by atoms with Crippen molar-refractivity contribution in [2.45, 2.75) is 12.8 Å². The minimum Gasteiger partial charge on any atom is -0.122 e. The summed E-state index contributed by atoms with van der Waals surface area (Å²) >= 11 is 12.6. The Bertz CT molecular complexity index is 271. The Kier molecular flexibility index (Phi) is 3.41. The topological polar surface area (TPSA) is 0 Å². The van der Waals surface area contributed by atoms with Crippen LogP contribution in [0.3, 0.4) is 0 Å². The van der Waals surface area contributed by atoms with Crippen molar-refractivity contribution in [3.8, 4) is 0 Å². The third kappa shape index (κ3) is 2.20. The van der Waals surface area contributed by atoms with Crippen molar-refractivity contribution in [3.05, 3.63) is 32.2 Å². The normalized spacial score (nSPS) is 10.2. The van der Waals surface area contributed by atoms with Gasteiger partial charge in [-0.1, -0.05) is 0 Å². The Morgan fingerprint density at radius 1 is 1.27 bits per heavy atom. The number of halogens is 3. The molecule has 0 atom stereocenters. The molecule has 0 heterocycles. The van der Waals surface area contributed by atoms with Gasteiger partial charge in [0, 0.05) is 14.8 Å². The van der Waals surface area contributed by atoms with Gasteiger partial charge in [0.2, 0.25) is 0 Å². The zero-order chi connectivity index (χ0) is 8.43. The summed E-state index contributed by atoms with van der Waals surface area (Å²) in [5.74, 6) is 0.567. The molecule has 0 radical (unpaired) electrons. The lowest BCUT2D eigenvalue weighted by molar-refractivity contribution is 1.28. The fourth-order valence-corrected chi connectivity index (χ4v) is 1.97. The highest BCUT2D eigenvalue weighted by atomic mass is 79.9. The third-order valence-electron chi connectivity index (χ3n) is 1.52. The van der Waals surface area contributed by atoms with E-state index in [1.807, 2.05) is 6.07 Å². The summed E-state index contributed by atoms with van der Waals surface area (Å²) in [7, 11) is 0. The van der Waals surface area contributed by atoms with Gasteiger partial charge in [0.05, 0.1) is 0 Å². The molecule has 60 valence electrons. The fourth-order valence-electron chi connectivity index (χ4n) is 0.831. The number of hydrogen-bond acceptors (Lipinski definition) is 0. The van der Waals surface area contributed by atoms with Crippen LogP contribution in [0.5, 0.6) is 0 Å². The lowest BCUT2D eigenvalue weighted by atomic mass is 10.1. The third-order valence-corrected chi connectivity index (χ3v) is 3.65. The van der Waals surface area contributed by atoms with E-state index in [9.17, 15) is 0 Å². The standard InChI is InChI=1S/C8H7Br2Cl/c1-5-2-7(9)8(10)3-6(5)4-11/h2-3H,4H2,1H3. The predicted molar refractivity (Wildman–Crippen MR) is 56.1 cm³/mol. The summed E-state index contributed by atoms with van der Waals surface area (Å²) in [6, 6.07) is 4.09. The van der Waals surface area contributed by atoms with Gasteiger partial charge in [-0.3, -0.25) is 0 Å². The van der Waals surface area contributed by atoms with E-state index in [1.165, 1.54) is 11.1 Å². The van der Waals surface area contributed by atoms with Crippen molar-refractivity contribution < 1.29 is 0 Å². The summed E-state index contributed by atoms with van der Waals surface area (Å²) in [6.45, 7) is 2.05. The Hall–Kier alpha value is 0.470. The van der Waals surface area contributed by atoms with E-state index < -0.39 is 0 Å². The maximum absolute atomic E-state index is 5.72. The van der Waals surface area contributed by atoms with Crippen LogP contribution in [-0.4, -0.2) is 0 Å². The van der Waals surface area contributed by atoms with Crippen LogP contribution in [0.1, 0.15) is 11.1 Å². The van der Waals surface area contributed by atoms with Gasteiger partial charge in [0.1, 0.15) is 0 Å². The molecular weight excluding hydrogens is 291 g/mol. The zero-order valence-electron chi connectivity index (χ0n) is 6.00. The number of hydrogen-bond donors (Lipinski definition) is 0. The predicted octanol–water partition coefficient (Wildman–Crippen LogP) is 4.26. The lowest BCUT2D eigenvalue weighted by Gasteiger charge is -2.03. The molecule has 0 aromatic heterocycles. The SMILES string of the molecule is Cc1cc(Br)c(Br)cc1CCl. The van der Waals surface area contributed by atoms with Crippen molar-refractivity contribution >= 4 is 43.5 Å². The molecule has 0 amide bonds. The minimum absolute atomic E-state index is 0.567. The molecule has 1 aromatic carbocycles. The first-order chi connectivity index (χ1) is 5.15. The van der Waals surface area contributed by atoms with Crippen molar-refractivity contribution in [1.29, 1.82) is 0 Å². The van der Waals surface area contributed by atoms with Gasteiger partial charge in [-0.25, -0.2) is 0 Å². The van der Waals surface area contributed by atoms with Gasteiger partial charge in [0.15, 0.2) is 0 Å². The first-order valence-corrected chi connectivity index (χ1v) is 5.27. The van der Waals surface area contributed by atoms with Crippen LogP contribution in [0.2, 0.25) is 0 Å². The van der Waals surface area contributed by atoms with Crippen LogP contribution in [0.25, 0.3) is 0 Å². The van der Waals surface area contributed by atoms with Gasteiger partial charge in [-0.05, 0) is 62.0 Å². The zero-order valence-corrected chi connectivity index (χ0v) is 9.92. The highest BCUT2D eigenvalue weighted by Crippen LogP contribution is 2.27. The Morgan fingerprint density at radius 2 is 1.82 bits per heavy atom. The Morgan fingerprint density at radius 3 is 2.36 bits per heavy atom. The van der Waals surface area contributed by atoms with Crippen molar-refractivity contribution in [3.63, 3.8) is 0 Å². The Balaban J connectivity index is 3.21. The molecule has 0 nitrogen and oxygen atoms in total. The molecule has 0 saturated carbocycles. The molecule has 0 saturated heterocycles. The first-order valence-electron chi connectivity index (χ1n) is 3.15. The molecule has 1 rings (SSSR count). The van der Waals surface area contributed by atoms with E-state index in [1.54, 1.807) is 0 Å². The van der Waals surface area contributed by atoms with Crippen LogP contribution in [0, 0.1) is 6.92 Å². The molecule has 3 heteroatoms. The Labute approximate surface area is 88.2 Å². The molecule has 11 heavy (non-hydrogen) atoms. The van der Waals surface area contributed by atoms with Gasteiger partial charge < -0.3 is 0 Å². The molecule has 0 N–H and O–H groups in total. The summed E-state index contributed by atoms with van der Waals surface area (Å²) < 4.78 is 2.13. The smallest absolute Gasteiger partial charge is 0.0477 e. The monoisotopic (exact) mass is 296 g/mol. The average Bonchev–Trinajstić information content (AvgIpc) is 1.97. The van der Waals surface area contributed by atoms with E-state index in [2.05, 4.69) is 44.8 Å². The van der Waals surface area contributed by atoms with Crippen LogP contribution in [0.15, 0.2) is 21.1 Å². The molecule has 0 spiro atoms. The molecule has 1 aromatic rings. The van der Waals surface area contributed by atoms with E-state index >= 15 is 0 Å². The molecule has 0 aliphatic rings. The van der Waals surface area contributed by atoms with E-state index in [-0.39, 0.29) is 0 Å². The largest absolute Gasteiger partial charge is 0.122 e.